The van der Waals surface area contributed by atoms with E-state index in [0.717, 1.165) is 16.7 Å². The molecule has 0 aliphatic rings. The van der Waals surface area contributed by atoms with E-state index in [1.165, 1.54) is 0 Å². The van der Waals surface area contributed by atoms with Crippen LogP contribution in [0, 0.1) is 0 Å². The fourth-order valence-corrected chi connectivity index (χ4v) is 3.13. The Bertz CT molecular complexity index is 1020. The Morgan fingerprint density at radius 2 is 1.52 bits per heavy atom. The Balaban J connectivity index is 1.55. The van der Waals surface area contributed by atoms with Crippen molar-refractivity contribution in [3.8, 4) is 11.5 Å². The van der Waals surface area contributed by atoms with Gasteiger partial charge < -0.3 is 19.5 Å². The number of para-hydroxylation sites is 1. The lowest BCUT2D eigenvalue weighted by molar-refractivity contribution is -0.124. The van der Waals surface area contributed by atoms with Crippen molar-refractivity contribution >= 4 is 22.6 Å². The lowest BCUT2D eigenvalue weighted by atomic mass is 10.0. The zero-order chi connectivity index (χ0) is 20.6. The van der Waals surface area contributed by atoms with E-state index >= 15 is 0 Å². The van der Waals surface area contributed by atoms with Crippen LogP contribution in [0.1, 0.15) is 15.9 Å². The maximum Gasteiger partial charge on any atom is 0.339 e. The van der Waals surface area contributed by atoms with E-state index in [1.807, 2.05) is 48.5 Å². The highest BCUT2D eigenvalue weighted by molar-refractivity contribution is 6.06. The third kappa shape index (κ3) is 4.85. The third-order valence-corrected chi connectivity index (χ3v) is 4.57. The molecule has 1 N–H and O–H groups in total. The molecule has 0 aliphatic heterocycles. The molecular weight excluding hydrogens is 370 g/mol. The molecule has 0 bridgehead atoms. The summed E-state index contributed by atoms with van der Waals surface area (Å²) in [6.07, 6.45) is 0.618. The summed E-state index contributed by atoms with van der Waals surface area (Å²) in [5.41, 5.74) is 1.39. The van der Waals surface area contributed by atoms with E-state index in [4.69, 9.17) is 14.2 Å². The molecule has 3 rings (SSSR count). The van der Waals surface area contributed by atoms with Crippen LogP contribution in [0.15, 0.2) is 60.7 Å². The zero-order valence-electron chi connectivity index (χ0n) is 16.4. The number of rotatable bonds is 8. The van der Waals surface area contributed by atoms with Gasteiger partial charge in [0.25, 0.3) is 5.91 Å². The summed E-state index contributed by atoms with van der Waals surface area (Å²) in [6.45, 7) is 0.0767. The van der Waals surface area contributed by atoms with Crippen molar-refractivity contribution in [1.29, 1.82) is 0 Å². The van der Waals surface area contributed by atoms with Gasteiger partial charge in [0, 0.05) is 11.9 Å². The molecule has 0 radical (unpaired) electrons. The number of carbonyl (C=O) groups excluding carboxylic acids is 2. The first-order chi connectivity index (χ1) is 14.1. The van der Waals surface area contributed by atoms with Gasteiger partial charge in [-0.1, -0.05) is 42.5 Å². The van der Waals surface area contributed by atoms with Crippen LogP contribution in [0.5, 0.6) is 11.5 Å². The fraction of sp³-hybridized carbons (Fsp3) is 0.217. The van der Waals surface area contributed by atoms with Crippen LogP contribution in [0.2, 0.25) is 0 Å². The highest BCUT2D eigenvalue weighted by Gasteiger charge is 2.15. The quantitative estimate of drug-likeness (QED) is 0.594. The number of hydrogen-bond donors (Lipinski definition) is 1. The molecule has 0 atom stereocenters. The Morgan fingerprint density at radius 1 is 0.828 bits per heavy atom. The molecule has 0 aliphatic carbocycles. The third-order valence-electron chi connectivity index (χ3n) is 4.57. The Kier molecular flexibility index (Phi) is 6.68. The zero-order valence-corrected chi connectivity index (χ0v) is 16.4. The minimum Gasteiger partial charge on any atom is -0.496 e. The van der Waals surface area contributed by atoms with Crippen molar-refractivity contribution in [3.05, 3.63) is 71.8 Å². The highest BCUT2D eigenvalue weighted by atomic mass is 16.5. The summed E-state index contributed by atoms with van der Waals surface area (Å²) >= 11 is 0. The molecule has 0 saturated carbocycles. The predicted molar refractivity (Wildman–Crippen MR) is 110 cm³/mol. The normalized spacial score (nSPS) is 10.4. The van der Waals surface area contributed by atoms with Gasteiger partial charge in [-0.3, -0.25) is 4.79 Å². The first kappa shape index (κ1) is 20.2. The molecule has 0 spiro atoms. The van der Waals surface area contributed by atoms with Gasteiger partial charge in [-0.2, -0.15) is 0 Å². The van der Waals surface area contributed by atoms with Crippen LogP contribution in [0.25, 0.3) is 10.8 Å². The number of ether oxygens (including phenoxy) is 3. The number of amides is 1. The van der Waals surface area contributed by atoms with Crippen molar-refractivity contribution in [2.45, 2.75) is 6.42 Å². The molecule has 0 fully saturated rings. The molecule has 3 aromatic rings. The minimum absolute atomic E-state index is 0.342. The highest BCUT2D eigenvalue weighted by Crippen LogP contribution is 2.28. The van der Waals surface area contributed by atoms with E-state index < -0.39 is 5.97 Å². The monoisotopic (exact) mass is 393 g/mol. The molecule has 0 aromatic heterocycles. The van der Waals surface area contributed by atoms with Crippen molar-refractivity contribution in [2.24, 2.45) is 0 Å². The molecule has 6 nitrogen and oxygen atoms in total. The molecule has 150 valence electrons. The minimum atomic E-state index is -0.552. The molecule has 3 aromatic carbocycles. The van der Waals surface area contributed by atoms with E-state index in [2.05, 4.69) is 5.32 Å². The van der Waals surface area contributed by atoms with E-state index in [9.17, 15) is 9.59 Å². The summed E-state index contributed by atoms with van der Waals surface area (Å²) in [6, 6.07) is 18.4. The van der Waals surface area contributed by atoms with Crippen molar-refractivity contribution in [2.75, 3.05) is 27.4 Å². The first-order valence-electron chi connectivity index (χ1n) is 9.25. The summed E-state index contributed by atoms with van der Waals surface area (Å²) in [4.78, 5) is 24.5. The maximum absolute atomic E-state index is 12.5. The van der Waals surface area contributed by atoms with Gasteiger partial charge in [-0.05, 0) is 35.6 Å². The molecular formula is C23H23NO5. The second-order valence-electron chi connectivity index (χ2n) is 6.35. The lowest BCUT2D eigenvalue weighted by Gasteiger charge is -2.11. The number of esters is 1. The van der Waals surface area contributed by atoms with Gasteiger partial charge in [-0.25, -0.2) is 4.79 Å². The van der Waals surface area contributed by atoms with Crippen LogP contribution >= 0.6 is 0 Å². The summed E-state index contributed by atoms with van der Waals surface area (Å²) in [5.74, 6) is 0.542. The lowest BCUT2D eigenvalue weighted by Crippen LogP contribution is -2.30. The number of nitrogens with one attached hydrogen (secondary N) is 1. The Morgan fingerprint density at radius 3 is 2.28 bits per heavy atom. The van der Waals surface area contributed by atoms with Crippen molar-refractivity contribution in [3.63, 3.8) is 0 Å². The Labute approximate surface area is 169 Å². The van der Waals surface area contributed by atoms with Crippen LogP contribution in [-0.4, -0.2) is 39.2 Å². The largest absolute Gasteiger partial charge is 0.496 e. The first-order valence-corrected chi connectivity index (χ1v) is 9.25. The average Bonchev–Trinajstić information content (AvgIpc) is 2.77. The molecule has 6 heteroatoms. The second kappa shape index (κ2) is 9.59. The van der Waals surface area contributed by atoms with Gasteiger partial charge in [0.2, 0.25) is 0 Å². The molecule has 1 amide bonds. The van der Waals surface area contributed by atoms with Crippen molar-refractivity contribution < 1.29 is 23.8 Å². The maximum atomic E-state index is 12.5. The summed E-state index contributed by atoms with van der Waals surface area (Å²) < 4.78 is 15.8. The van der Waals surface area contributed by atoms with E-state index in [0.29, 0.717) is 29.7 Å². The smallest absolute Gasteiger partial charge is 0.339 e. The van der Waals surface area contributed by atoms with Crippen LogP contribution in [0.3, 0.4) is 0 Å². The van der Waals surface area contributed by atoms with Gasteiger partial charge in [0.1, 0.15) is 11.5 Å². The Hall–Kier alpha value is -3.54. The number of benzene rings is 3. The van der Waals surface area contributed by atoms with E-state index in [-0.39, 0.29) is 12.5 Å². The molecule has 0 saturated heterocycles. The van der Waals surface area contributed by atoms with Gasteiger partial charge >= 0.3 is 5.97 Å². The predicted octanol–water partition coefficient (Wildman–Crippen LogP) is 3.37. The van der Waals surface area contributed by atoms with Crippen LogP contribution in [-0.2, 0) is 16.0 Å². The standard InChI is InChI=1S/C23H23NO5/c1-27-20-10-6-3-7-16(20)13-14-24-22(25)15-29-23(26)19-11-12-21(28-2)18-9-5-4-8-17(18)19/h3-12H,13-15H2,1-2H3,(H,24,25). The number of hydrogen-bond acceptors (Lipinski definition) is 5. The number of carbonyl (C=O) groups is 2. The second-order valence-corrected chi connectivity index (χ2v) is 6.35. The number of methoxy groups -OCH3 is 2. The van der Waals surface area contributed by atoms with E-state index in [1.54, 1.807) is 26.4 Å². The van der Waals surface area contributed by atoms with Gasteiger partial charge in [-0.15, -0.1) is 0 Å². The van der Waals surface area contributed by atoms with Crippen molar-refractivity contribution in [1.82, 2.24) is 5.32 Å². The number of fused-ring (bicyclic) bond motifs is 1. The topological polar surface area (TPSA) is 73.9 Å². The SMILES string of the molecule is COc1ccccc1CCNC(=O)COC(=O)c1ccc(OC)c2ccccc12. The molecule has 29 heavy (non-hydrogen) atoms. The summed E-state index contributed by atoms with van der Waals surface area (Å²) in [7, 11) is 3.19. The average molecular weight is 393 g/mol. The molecule has 0 unspecified atom stereocenters. The van der Waals surface area contributed by atoms with Gasteiger partial charge in [0.05, 0.1) is 19.8 Å². The van der Waals surface area contributed by atoms with Crippen LogP contribution < -0.4 is 14.8 Å². The fourth-order valence-electron chi connectivity index (χ4n) is 3.13. The summed E-state index contributed by atoms with van der Waals surface area (Å²) in [5, 5.41) is 4.28. The van der Waals surface area contributed by atoms with Gasteiger partial charge in [0.15, 0.2) is 6.61 Å². The molecule has 0 heterocycles. The van der Waals surface area contributed by atoms with Crippen LogP contribution in [0.4, 0.5) is 0 Å².